The van der Waals surface area contributed by atoms with Crippen LogP contribution in [0.1, 0.15) is 22.3 Å². The van der Waals surface area contributed by atoms with E-state index >= 15 is 0 Å². The van der Waals surface area contributed by atoms with Gasteiger partial charge in [-0.05, 0) is 29.8 Å². The molecule has 1 amide bonds. The third-order valence-electron chi connectivity index (χ3n) is 3.96. The van der Waals surface area contributed by atoms with Gasteiger partial charge in [0.25, 0.3) is 5.91 Å². The molecule has 0 saturated heterocycles. The van der Waals surface area contributed by atoms with E-state index in [-0.39, 0.29) is 12.4 Å². The van der Waals surface area contributed by atoms with Gasteiger partial charge in [0, 0.05) is 0 Å². The van der Waals surface area contributed by atoms with Gasteiger partial charge in [-0.3, -0.25) is 4.79 Å². The van der Waals surface area contributed by atoms with E-state index in [0.717, 1.165) is 0 Å². The number of methoxy groups -OCH3 is 2. The Balaban J connectivity index is 1.65. The number of aromatic nitrogens is 3. The molecular formula is C19H20N4O4. The van der Waals surface area contributed by atoms with Crippen LogP contribution in [-0.2, 0) is 6.54 Å². The van der Waals surface area contributed by atoms with Gasteiger partial charge >= 0.3 is 0 Å². The maximum Gasteiger partial charge on any atom is 0.295 e. The van der Waals surface area contributed by atoms with E-state index in [1.165, 1.54) is 18.1 Å². The molecule has 27 heavy (non-hydrogen) atoms. The van der Waals surface area contributed by atoms with Crippen molar-refractivity contribution < 1.29 is 19.4 Å². The minimum Gasteiger partial charge on any atom is -0.497 e. The van der Waals surface area contributed by atoms with Crippen LogP contribution in [0.4, 0.5) is 5.69 Å². The first kappa shape index (κ1) is 18.4. The van der Waals surface area contributed by atoms with Crippen molar-refractivity contribution in [3.05, 3.63) is 66.2 Å². The fraction of sp³-hybridized carbons (Fsp3) is 0.211. The highest BCUT2D eigenvalue weighted by Gasteiger charge is 2.16. The molecule has 2 aromatic carbocycles. The highest BCUT2D eigenvalue weighted by atomic mass is 16.5. The van der Waals surface area contributed by atoms with Gasteiger partial charge in [-0.1, -0.05) is 24.3 Å². The van der Waals surface area contributed by atoms with Crippen LogP contribution in [0.15, 0.2) is 54.9 Å². The fourth-order valence-electron chi connectivity index (χ4n) is 2.52. The molecule has 0 fully saturated rings. The number of para-hydroxylation sites is 2. The van der Waals surface area contributed by atoms with Crippen LogP contribution in [0, 0.1) is 0 Å². The van der Waals surface area contributed by atoms with E-state index in [4.69, 9.17) is 9.47 Å². The Morgan fingerprint density at radius 2 is 1.89 bits per heavy atom. The number of hydrogen-bond donors (Lipinski definition) is 2. The maximum atomic E-state index is 12.3. The number of aliphatic hydroxyl groups excluding tert-OH is 1. The van der Waals surface area contributed by atoms with Crippen molar-refractivity contribution in [2.75, 3.05) is 19.5 Å². The molecule has 3 rings (SSSR count). The number of rotatable bonds is 7. The summed E-state index contributed by atoms with van der Waals surface area (Å²) >= 11 is 0. The number of nitrogens with zero attached hydrogens (tertiary/aromatic N) is 3. The maximum absolute atomic E-state index is 12.3. The van der Waals surface area contributed by atoms with Gasteiger partial charge < -0.3 is 19.9 Å². The Labute approximate surface area is 156 Å². The molecule has 1 atom stereocenters. The monoisotopic (exact) mass is 368 g/mol. The summed E-state index contributed by atoms with van der Waals surface area (Å²) in [5.74, 6) is 0.794. The molecule has 3 aromatic rings. The Bertz CT molecular complexity index is 908. The van der Waals surface area contributed by atoms with Crippen molar-refractivity contribution in [1.82, 2.24) is 14.8 Å². The Kier molecular flexibility index (Phi) is 5.68. The van der Waals surface area contributed by atoms with Crippen LogP contribution < -0.4 is 14.8 Å². The standard InChI is InChI=1S/C19H20N4O4/c1-26-14-9-7-13(8-10-14)16(24)11-23-12-20-18(22-23)19(25)21-15-5-3-4-6-17(15)27-2/h3-10,12,16,24H,11H2,1-2H3,(H,21,25)/t16-/m0/s1. The Morgan fingerprint density at radius 3 is 2.59 bits per heavy atom. The first-order valence-electron chi connectivity index (χ1n) is 8.26. The quantitative estimate of drug-likeness (QED) is 0.664. The van der Waals surface area contributed by atoms with E-state index in [2.05, 4.69) is 15.4 Å². The zero-order valence-electron chi connectivity index (χ0n) is 15.0. The second kappa shape index (κ2) is 8.33. The molecule has 0 saturated carbocycles. The average Bonchev–Trinajstić information content (AvgIpc) is 3.17. The van der Waals surface area contributed by atoms with Gasteiger partial charge in [0.05, 0.1) is 32.6 Å². The minimum atomic E-state index is -0.789. The largest absolute Gasteiger partial charge is 0.497 e. The molecule has 140 valence electrons. The lowest BCUT2D eigenvalue weighted by molar-refractivity contribution is 0.101. The summed E-state index contributed by atoms with van der Waals surface area (Å²) in [7, 11) is 3.11. The Hall–Kier alpha value is -3.39. The number of hydrogen-bond acceptors (Lipinski definition) is 6. The van der Waals surface area contributed by atoms with E-state index in [1.807, 2.05) is 6.07 Å². The smallest absolute Gasteiger partial charge is 0.295 e. The summed E-state index contributed by atoms with van der Waals surface area (Å²) in [6.07, 6.45) is 0.617. The molecule has 1 heterocycles. The molecule has 0 aliphatic carbocycles. The number of benzene rings is 2. The van der Waals surface area contributed by atoms with Crippen LogP contribution in [0.25, 0.3) is 0 Å². The van der Waals surface area contributed by atoms with Gasteiger partial charge in [-0.25, -0.2) is 9.67 Å². The lowest BCUT2D eigenvalue weighted by atomic mass is 10.1. The number of carbonyl (C=O) groups excluding carboxylic acids is 1. The molecule has 0 aliphatic heterocycles. The first-order valence-corrected chi connectivity index (χ1v) is 8.26. The summed E-state index contributed by atoms with van der Waals surface area (Å²) in [5, 5.41) is 17.2. The molecule has 0 spiro atoms. The van der Waals surface area contributed by atoms with E-state index in [9.17, 15) is 9.90 Å². The summed E-state index contributed by atoms with van der Waals surface area (Å²) < 4.78 is 11.7. The number of aliphatic hydroxyl groups is 1. The normalized spacial score (nSPS) is 11.7. The van der Waals surface area contributed by atoms with E-state index in [1.54, 1.807) is 49.6 Å². The predicted molar refractivity (Wildman–Crippen MR) is 98.9 cm³/mol. The number of amides is 1. The number of nitrogens with one attached hydrogen (secondary N) is 1. The zero-order valence-corrected chi connectivity index (χ0v) is 15.0. The highest BCUT2D eigenvalue weighted by Crippen LogP contribution is 2.23. The van der Waals surface area contributed by atoms with Gasteiger partial charge in [0.15, 0.2) is 0 Å². The van der Waals surface area contributed by atoms with E-state index in [0.29, 0.717) is 22.7 Å². The average molecular weight is 368 g/mol. The number of carbonyl (C=O) groups is 1. The number of ether oxygens (including phenoxy) is 2. The summed E-state index contributed by atoms with van der Waals surface area (Å²) in [4.78, 5) is 16.4. The van der Waals surface area contributed by atoms with Gasteiger partial charge in [0.1, 0.15) is 17.8 Å². The molecule has 0 unspecified atom stereocenters. The molecule has 2 N–H and O–H groups in total. The van der Waals surface area contributed by atoms with Crippen LogP contribution in [0.3, 0.4) is 0 Å². The summed E-state index contributed by atoms with van der Waals surface area (Å²) in [5.41, 5.74) is 1.24. The minimum absolute atomic E-state index is 0.00263. The predicted octanol–water partition coefficient (Wildman–Crippen LogP) is 2.28. The van der Waals surface area contributed by atoms with Gasteiger partial charge in [-0.15, -0.1) is 5.10 Å². The summed E-state index contributed by atoms with van der Waals surface area (Å²) in [6.45, 7) is 0.168. The third-order valence-corrected chi connectivity index (χ3v) is 3.96. The van der Waals surface area contributed by atoms with Crippen molar-refractivity contribution in [2.45, 2.75) is 12.6 Å². The Morgan fingerprint density at radius 1 is 1.15 bits per heavy atom. The third kappa shape index (κ3) is 4.42. The molecule has 0 radical (unpaired) electrons. The zero-order chi connectivity index (χ0) is 19.2. The second-order valence-corrected chi connectivity index (χ2v) is 5.73. The van der Waals surface area contributed by atoms with Crippen LogP contribution in [-0.4, -0.2) is 40.0 Å². The molecule has 8 nitrogen and oxygen atoms in total. The van der Waals surface area contributed by atoms with Crippen molar-refractivity contribution >= 4 is 11.6 Å². The second-order valence-electron chi connectivity index (χ2n) is 5.73. The van der Waals surface area contributed by atoms with Crippen molar-refractivity contribution in [3.63, 3.8) is 0 Å². The van der Waals surface area contributed by atoms with Crippen LogP contribution >= 0.6 is 0 Å². The molecular weight excluding hydrogens is 348 g/mol. The van der Waals surface area contributed by atoms with Crippen molar-refractivity contribution in [1.29, 1.82) is 0 Å². The molecule has 0 bridgehead atoms. The molecule has 1 aromatic heterocycles. The summed E-state index contributed by atoms with van der Waals surface area (Å²) in [6, 6.07) is 14.1. The first-order chi connectivity index (χ1) is 13.1. The fourth-order valence-corrected chi connectivity index (χ4v) is 2.52. The molecule has 8 heteroatoms. The lowest BCUT2D eigenvalue weighted by Gasteiger charge is -2.11. The highest BCUT2D eigenvalue weighted by molar-refractivity contribution is 6.02. The SMILES string of the molecule is COc1ccc([C@@H](O)Cn2cnc(C(=O)Nc3ccccc3OC)n2)cc1. The van der Waals surface area contributed by atoms with Crippen LogP contribution in [0.5, 0.6) is 11.5 Å². The topological polar surface area (TPSA) is 98.5 Å². The number of anilines is 1. The van der Waals surface area contributed by atoms with Crippen molar-refractivity contribution in [3.8, 4) is 11.5 Å². The van der Waals surface area contributed by atoms with Crippen molar-refractivity contribution in [2.24, 2.45) is 0 Å². The molecule has 0 aliphatic rings. The van der Waals surface area contributed by atoms with Gasteiger partial charge in [-0.2, -0.15) is 0 Å². The van der Waals surface area contributed by atoms with Gasteiger partial charge in [0.2, 0.25) is 5.82 Å². The lowest BCUT2D eigenvalue weighted by Crippen LogP contribution is -2.16. The van der Waals surface area contributed by atoms with Crippen LogP contribution in [0.2, 0.25) is 0 Å². The van der Waals surface area contributed by atoms with E-state index < -0.39 is 12.0 Å².